The Morgan fingerprint density at radius 1 is 1.40 bits per heavy atom. The second-order valence-corrected chi connectivity index (χ2v) is 3.25. The van der Waals surface area contributed by atoms with Crippen LogP contribution in [0, 0.1) is 0 Å². The first-order valence-electron chi connectivity index (χ1n) is 4.85. The molecule has 0 radical (unpaired) electrons. The van der Waals surface area contributed by atoms with E-state index < -0.39 is 24.1 Å². The third kappa shape index (κ3) is 1.81. The average Bonchev–Trinajstić information content (AvgIpc) is 2.19. The van der Waals surface area contributed by atoms with Crippen LogP contribution in [-0.2, 0) is 4.79 Å². The number of carbonyl (C=O) groups excluding carboxylic acids is 2. The van der Waals surface area contributed by atoms with Crippen molar-refractivity contribution in [1.29, 1.82) is 0 Å². The largest absolute Gasteiger partial charge is 0.328 e. The predicted molar refractivity (Wildman–Crippen MR) is 51.8 cm³/mol. The minimum atomic E-state index is -0.956. The number of urea groups is 1. The number of carbonyl (C=O) groups is 2. The lowest BCUT2D eigenvalue weighted by molar-refractivity contribution is -0.139. The van der Waals surface area contributed by atoms with Crippen LogP contribution < -0.4 is 11.2 Å². The van der Waals surface area contributed by atoms with Gasteiger partial charge in [0.05, 0.1) is 0 Å². The number of hydrogen-bond acceptors (Lipinski definition) is 5. The van der Waals surface area contributed by atoms with Crippen LogP contribution in [0.3, 0.4) is 0 Å². The van der Waals surface area contributed by atoms with Crippen molar-refractivity contribution in [2.75, 3.05) is 13.1 Å². The van der Waals surface area contributed by atoms with Gasteiger partial charge in [-0.05, 0) is 13.8 Å². The maximum atomic E-state index is 11.7. The van der Waals surface area contributed by atoms with Gasteiger partial charge in [0.15, 0.2) is 0 Å². The number of hydrogen-bond donors (Lipinski definition) is 3. The van der Waals surface area contributed by atoms with Gasteiger partial charge in [0.25, 0.3) is 5.91 Å². The van der Waals surface area contributed by atoms with Crippen LogP contribution in [-0.4, -0.2) is 52.2 Å². The van der Waals surface area contributed by atoms with E-state index in [1.54, 1.807) is 13.8 Å². The molecule has 2 unspecified atom stereocenters. The van der Waals surface area contributed by atoms with Crippen LogP contribution in [0.4, 0.5) is 4.79 Å². The van der Waals surface area contributed by atoms with Gasteiger partial charge < -0.3 is 15.8 Å². The normalized spacial score (nSPS) is 27.5. The fraction of sp³-hybridized carbons (Fsp3) is 0.750. The lowest BCUT2D eigenvalue weighted by Gasteiger charge is -2.41. The van der Waals surface area contributed by atoms with Crippen molar-refractivity contribution in [3.8, 4) is 0 Å². The highest BCUT2D eigenvalue weighted by Crippen LogP contribution is 2.14. The van der Waals surface area contributed by atoms with Gasteiger partial charge in [-0.1, -0.05) is 0 Å². The molecule has 3 amide bonds. The van der Waals surface area contributed by atoms with Crippen LogP contribution in [0.15, 0.2) is 0 Å². The van der Waals surface area contributed by atoms with Crippen molar-refractivity contribution in [2.24, 2.45) is 5.73 Å². The molecule has 1 saturated heterocycles. The van der Waals surface area contributed by atoms with E-state index in [1.165, 1.54) is 4.90 Å². The third-order valence-electron chi connectivity index (χ3n) is 2.51. The molecule has 1 heterocycles. The first kappa shape index (κ1) is 11.9. The molecule has 0 aromatic carbocycles. The molecule has 2 atom stereocenters. The van der Waals surface area contributed by atoms with Crippen molar-refractivity contribution in [1.82, 2.24) is 15.3 Å². The average molecular weight is 216 g/mol. The Kier molecular flexibility index (Phi) is 3.61. The quantitative estimate of drug-likeness (QED) is 0.521. The standard InChI is InChI=1S/C8H16N4O3/c1-3-11-6(9)5(10-15)7(13)12(4-2)8(11)14/h5-6,10,15H,3-4,9H2,1-2H3. The molecule has 0 saturated carbocycles. The Balaban J connectivity index is 2.98. The van der Waals surface area contributed by atoms with E-state index in [0.29, 0.717) is 6.54 Å². The summed E-state index contributed by atoms with van der Waals surface area (Å²) in [4.78, 5) is 25.7. The monoisotopic (exact) mass is 216 g/mol. The van der Waals surface area contributed by atoms with E-state index in [0.717, 1.165) is 4.90 Å². The molecule has 7 nitrogen and oxygen atoms in total. The molecular formula is C8H16N4O3. The van der Waals surface area contributed by atoms with Crippen LogP contribution in [0.1, 0.15) is 13.8 Å². The third-order valence-corrected chi connectivity index (χ3v) is 2.51. The second kappa shape index (κ2) is 4.56. The topological polar surface area (TPSA) is 98.9 Å². The minimum Gasteiger partial charge on any atom is -0.316 e. The number of hydroxylamine groups is 1. The van der Waals surface area contributed by atoms with Gasteiger partial charge in [-0.25, -0.2) is 4.79 Å². The van der Waals surface area contributed by atoms with Crippen LogP contribution in [0.25, 0.3) is 0 Å². The summed E-state index contributed by atoms with van der Waals surface area (Å²) < 4.78 is 0. The van der Waals surface area contributed by atoms with Gasteiger partial charge >= 0.3 is 6.03 Å². The van der Waals surface area contributed by atoms with E-state index in [1.807, 2.05) is 5.48 Å². The Morgan fingerprint density at radius 2 is 2.00 bits per heavy atom. The van der Waals surface area contributed by atoms with Crippen molar-refractivity contribution >= 4 is 11.9 Å². The van der Waals surface area contributed by atoms with Crippen molar-refractivity contribution in [3.63, 3.8) is 0 Å². The predicted octanol–water partition coefficient (Wildman–Crippen LogP) is -1.08. The number of nitrogens with one attached hydrogen (secondary N) is 1. The lowest BCUT2D eigenvalue weighted by Crippen LogP contribution is -2.70. The fourth-order valence-corrected chi connectivity index (χ4v) is 1.64. The number of nitrogens with zero attached hydrogens (tertiary/aromatic N) is 2. The van der Waals surface area contributed by atoms with E-state index >= 15 is 0 Å². The molecule has 1 fully saturated rings. The van der Waals surface area contributed by atoms with E-state index in [2.05, 4.69) is 0 Å². The summed E-state index contributed by atoms with van der Waals surface area (Å²) in [6.07, 6.45) is -0.831. The molecule has 15 heavy (non-hydrogen) atoms. The molecular weight excluding hydrogens is 200 g/mol. The summed E-state index contributed by atoms with van der Waals surface area (Å²) in [7, 11) is 0. The van der Waals surface area contributed by atoms with Crippen LogP contribution in [0.5, 0.6) is 0 Å². The zero-order valence-electron chi connectivity index (χ0n) is 8.80. The van der Waals surface area contributed by atoms with Gasteiger partial charge in [0.1, 0.15) is 12.2 Å². The van der Waals surface area contributed by atoms with Gasteiger partial charge in [-0.3, -0.25) is 9.69 Å². The number of imide groups is 1. The highest BCUT2D eigenvalue weighted by molar-refractivity contribution is 6.00. The lowest BCUT2D eigenvalue weighted by atomic mass is 10.1. The van der Waals surface area contributed by atoms with Crippen molar-refractivity contribution in [2.45, 2.75) is 26.1 Å². The van der Waals surface area contributed by atoms with Gasteiger partial charge in [-0.15, -0.1) is 0 Å². The Hall–Kier alpha value is -1.18. The SMILES string of the molecule is CCN1C(=O)C(NO)C(N)N(CC)C1=O. The first-order chi connectivity index (χ1) is 7.08. The number of likely N-dealkylation sites (N-methyl/N-ethyl adjacent to an activating group) is 2. The number of nitrogens with two attached hydrogens (primary N) is 1. The van der Waals surface area contributed by atoms with E-state index in [9.17, 15) is 9.59 Å². The van der Waals surface area contributed by atoms with E-state index in [-0.39, 0.29) is 6.54 Å². The van der Waals surface area contributed by atoms with Gasteiger partial charge in [0, 0.05) is 13.1 Å². The zero-order valence-corrected chi connectivity index (χ0v) is 8.80. The van der Waals surface area contributed by atoms with Gasteiger partial charge in [0.2, 0.25) is 0 Å². The van der Waals surface area contributed by atoms with E-state index in [4.69, 9.17) is 10.9 Å². The molecule has 0 aliphatic carbocycles. The molecule has 7 heteroatoms. The van der Waals surface area contributed by atoms with Crippen molar-refractivity contribution < 1.29 is 14.8 Å². The maximum absolute atomic E-state index is 11.7. The first-order valence-corrected chi connectivity index (χ1v) is 4.85. The smallest absolute Gasteiger partial charge is 0.316 e. The minimum absolute atomic E-state index is 0.263. The molecule has 0 spiro atoms. The number of amides is 3. The van der Waals surface area contributed by atoms with Crippen LogP contribution >= 0.6 is 0 Å². The Morgan fingerprint density at radius 3 is 2.40 bits per heavy atom. The van der Waals surface area contributed by atoms with Gasteiger partial charge in [-0.2, -0.15) is 5.48 Å². The summed E-state index contributed by atoms with van der Waals surface area (Å²) in [6, 6.07) is -1.37. The molecule has 1 rings (SSSR count). The fourth-order valence-electron chi connectivity index (χ4n) is 1.64. The summed E-state index contributed by atoms with van der Waals surface area (Å²) in [5.74, 6) is -0.498. The molecule has 0 aromatic rings. The molecule has 0 aromatic heterocycles. The summed E-state index contributed by atoms with van der Waals surface area (Å²) in [5, 5.41) is 8.83. The maximum Gasteiger partial charge on any atom is 0.328 e. The molecule has 0 bridgehead atoms. The molecule has 4 N–H and O–H groups in total. The molecule has 86 valence electrons. The highest BCUT2D eigenvalue weighted by atomic mass is 16.5. The summed E-state index contributed by atoms with van der Waals surface area (Å²) in [5.41, 5.74) is 7.52. The highest BCUT2D eigenvalue weighted by Gasteiger charge is 2.43. The molecule has 1 aliphatic rings. The zero-order chi connectivity index (χ0) is 11.6. The molecule has 1 aliphatic heterocycles. The van der Waals surface area contributed by atoms with Crippen molar-refractivity contribution in [3.05, 3.63) is 0 Å². The number of rotatable bonds is 3. The Labute approximate surface area is 87.8 Å². The second-order valence-electron chi connectivity index (χ2n) is 3.25. The summed E-state index contributed by atoms with van der Waals surface area (Å²) >= 11 is 0. The Bertz CT molecular complexity index is 247. The van der Waals surface area contributed by atoms with Crippen LogP contribution in [0.2, 0.25) is 0 Å². The summed E-state index contributed by atoms with van der Waals surface area (Å²) in [6.45, 7) is 4.10.